The quantitative estimate of drug-likeness (QED) is 0.780. The summed E-state index contributed by atoms with van der Waals surface area (Å²) in [5, 5.41) is 9.16. The Labute approximate surface area is 113 Å². The zero-order valence-corrected chi connectivity index (χ0v) is 11.3. The second-order valence-corrected chi connectivity index (χ2v) is 5.35. The molecule has 1 aliphatic heterocycles. The number of fused-ring (bicyclic) bond motifs is 1. The molecule has 0 radical (unpaired) electrons. The highest BCUT2D eigenvalue weighted by Crippen LogP contribution is 2.34. The Balaban J connectivity index is 2.08. The molecule has 0 bridgehead atoms. The van der Waals surface area contributed by atoms with Gasteiger partial charge in [0.15, 0.2) is 0 Å². The second-order valence-electron chi connectivity index (χ2n) is 5.35. The van der Waals surface area contributed by atoms with Crippen LogP contribution in [-0.2, 0) is 6.54 Å². The van der Waals surface area contributed by atoms with Gasteiger partial charge in [0.05, 0.1) is 18.0 Å². The lowest BCUT2D eigenvalue weighted by atomic mass is 9.86. The first-order valence-corrected chi connectivity index (χ1v) is 6.72. The van der Waals surface area contributed by atoms with E-state index in [4.69, 9.17) is 5.26 Å². The number of aromatic nitrogens is 2. The van der Waals surface area contributed by atoms with Crippen molar-refractivity contribution in [2.24, 2.45) is 0 Å². The number of nitriles is 1. The SMILES string of the molecule is Cc1cc(C2CCCn3cncc32)cc(C)c1C#N. The van der Waals surface area contributed by atoms with Crippen LogP contribution in [0.5, 0.6) is 0 Å². The van der Waals surface area contributed by atoms with E-state index in [9.17, 15) is 0 Å². The first kappa shape index (κ1) is 12.0. The third kappa shape index (κ3) is 1.94. The maximum atomic E-state index is 9.16. The summed E-state index contributed by atoms with van der Waals surface area (Å²) < 4.78 is 2.25. The second kappa shape index (κ2) is 4.55. The predicted molar refractivity (Wildman–Crippen MR) is 73.9 cm³/mol. The Hall–Kier alpha value is -2.08. The van der Waals surface area contributed by atoms with Gasteiger partial charge in [-0.25, -0.2) is 4.98 Å². The van der Waals surface area contributed by atoms with Gasteiger partial charge in [-0.05, 0) is 43.4 Å². The molecule has 3 rings (SSSR count). The maximum absolute atomic E-state index is 9.16. The summed E-state index contributed by atoms with van der Waals surface area (Å²) >= 11 is 0. The Kier molecular flexibility index (Phi) is 2.87. The van der Waals surface area contributed by atoms with Crippen molar-refractivity contribution in [1.82, 2.24) is 9.55 Å². The number of hydrogen-bond donors (Lipinski definition) is 0. The van der Waals surface area contributed by atoms with E-state index in [-0.39, 0.29) is 0 Å². The molecule has 0 N–H and O–H groups in total. The van der Waals surface area contributed by atoms with Crippen molar-refractivity contribution in [2.75, 3.05) is 0 Å². The van der Waals surface area contributed by atoms with E-state index in [0.717, 1.165) is 29.7 Å². The topological polar surface area (TPSA) is 41.6 Å². The van der Waals surface area contributed by atoms with Crippen LogP contribution in [0, 0.1) is 25.2 Å². The predicted octanol–water partition coefficient (Wildman–Crippen LogP) is 3.30. The van der Waals surface area contributed by atoms with Crippen LogP contribution in [0.2, 0.25) is 0 Å². The van der Waals surface area contributed by atoms with Crippen molar-refractivity contribution in [1.29, 1.82) is 5.26 Å². The van der Waals surface area contributed by atoms with Crippen LogP contribution in [-0.4, -0.2) is 9.55 Å². The summed E-state index contributed by atoms with van der Waals surface area (Å²) in [6, 6.07) is 6.62. The fraction of sp³-hybridized carbons (Fsp3) is 0.375. The van der Waals surface area contributed by atoms with Gasteiger partial charge in [0.1, 0.15) is 0 Å². The van der Waals surface area contributed by atoms with Gasteiger partial charge < -0.3 is 4.57 Å². The summed E-state index contributed by atoms with van der Waals surface area (Å²) in [4.78, 5) is 4.27. The summed E-state index contributed by atoms with van der Waals surface area (Å²) in [6.07, 6.45) is 6.25. The molecule has 1 aromatic heterocycles. The first-order chi connectivity index (χ1) is 9.20. The molecule has 2 aromatic rings. The van der Waals surface area contributed by atoms with E-state index in [1.54, 1.807) is 0 Å². The largest absolute Gasteiger partial charge is 0.334 e. The number of benzene rings is 1. The molecule has 3 heteroatoms. The lowest BCUT2D eigenvalue weighted by Gasteiger charge is -2.25. The van der Waals surface area contributed by atoms with E-state index in [2.05, 4.69) is 27.8 Å². The number of rotatable bonds is 1. The molecule has 3 nitrogen and oxygen atoms in total. The highest BCUT2D eigenvalue weighted by atomic mass is 15.1. The molecule has 96 valence electrons. The normalized spacial score (nSPS) is 17.8. The number of imidazole rings is 1. The third-order valence-corrected chi connectivity index (χ3v) is 4.06. The van der Waals surface area contributed by atoms with Crippen molar-refractivity contribution in [3.05, 3.63) is 52.6 Å². The fourth-order valence-corrected chi connectivity index (χ4v) is 3.13. The molecule has 0 amide bonds. The van der Waals surface area contributed by atoms with Crippen LogP contribution in [0.4, 0.5) is 0 Å². The van der Waals surface area contributed by atoms with Crippen LogP contribution in [0.25, 0.3) is 0 Å². The Morgan fingerprint density at radius 2 is 2.05 bits per heavy atom. The van der Waals surface area contributed by atoms with Crippen molar-refractivity contribution in [2.45, 2.75) is 39.2 Å². The Morgan fingerprint density at radius 3 is 2.74 bits per heavy atom. The van der Waals surface area contributed by atoms with Crippen LogP contribution in [0.1, 0.15) is 46.7 Å². The minimum absolute atomic E-state index is 0.418. The van der Waals surface area contributed by atoms with E-state index in [0.29, 0.717) is 5.92 Å². The minimum Gasteiger partial charge on any atom is -0.334 e. The molecule has 0 fully saturated rings. The average molecular weight is 251 g/mol. The molecule has 1 aromatic carbocycles. The molecule has 0 aliphatic carbocycles. The Bertz CT molecular complexity index is 638. The van der Waals surface area contributed by atoms with Crippen molar-refractivity contribution >= 4 is 0 Å². The van der Waals surface area contributed by atoms with Crippen LogP contribution < -0.4 is 0 Å². The van der Waals surface area contributed by atoms with Gasteiger partial charge >= 0.3 is 0 Å². The summed E-state index contributed by atoms with van der Waals surface area (Å²) in [5.74, 6) is 0.418. The first-order valence-electron chi connectivity index (χ1n) is 6.72. The van der Waals surface area contributed by atoms with Crippen molar-refractivity contribution in [3.63, 3.8) is 0 Å². The van der Waals surface area contributed by atoms with Crippen molar-refractivity contribution < 1.29 is 0 Å². The highest BCUT2D eigenvalue weighted by Gasteiger charge is 2.23. The van der Waals surface area contributed by atoms with E-state index in [1.165, 1.54) is 17.7 Å². The van der Waals surface area contributed by atoms with E-state index >= 15 is 0 Å². The highest BCUT2D eigenvalue weighted by molar-refractivity contribution is 5.47. The van der Waals surface area contributed by atoms with Gasteiger partial charge in [-0.2, -0.15) is 5.26 Å². The van der Waals surface area contributed by atoms with Gasteiger partial charge in [0.25, 0.3) is 0 Å². The van der Waals surface area contributed by atoms with Gasteiger partial charge in [0, 0.05) is 24.4 Å². The van der Waals surface area contributed by atoms with Crippen LogP contribution in [0.15, 0.2) is 24.7 Å². The monoisotopic (exact) mass is 251 g/mol. The molecular weight excluding hydrogens is 234 g/mol. The van der Waals surface area contributed by atoms with Crippen LogP contribution >= 0.6 is 0 Å². The third-order valence-electron chi connectivity index (χ3n) is 4.06. The molecule has 19 heavy (non-hydrogen) atoms. The fourth-order valence-electron chi connectivity index (χ4n) is 3.13. The van der Waals surface area contributed by atoms with Gasteiger partial charge in [-0.3, -0.25) is 0 Å². The van der Waals surface area contributed by atoms with Crippen LogP contribution in [0.3, 0.4) is 0 Å². The zero-order chi connectivity index (χ0) is 13.4. The smallest absolute Gasteiger partial charge is 0.0997 e. The molecule has 0 saturated heterocycles. The minimum atomic E-state index is 0.418. The Morgan fingerprint density at radius 1 is 1.32 bits per heavy atom. The zero-order valence-electron chi connectivity index (χ0n) is 11.3. The number of aryl methyl sites for hydroxylation is 3. The molecule has 0 saturated carbocycles. The summed E-state index contributed by atoms with van der Waals surface area (Å²) in [7, 11) is 0. The molecule has 1 aliphatic rings. The van der Waals surface area contributed by atoms with Gasteiger partial charge in [-0.1, -0.05) is 12.1 Å². The summed E-state index contributed by atoms with van der Waals surface area (Å²) in [5.41, 5.74) is 5.58. The van der Waals surface area contributed by atoms with E-state index < -0.39 is 0 Å². The molecule has 1 atom stereocenters. The molecular formula is C16H17N3. The van der Waals surface area contributed by atoms with E-state index in [1.807, 2.05) is 26.4 Å². The van der Waals surface area contributed by atoms with Crippen molar-refractivity contribution in [3.8, 4) is 6.07 Å². The summed E-state index contributed by atoms with van der Waals surface area (Å²) in [6.45, 7) is 5.12. The number of nitrogens with zero attached hydrogens (tertiary/aromatic N) is 3. The average Bonchev–Trinajstić information content (AvgIpc) is 2.86. The maximum Gasteiger partial charge on any atom is 0.0997 e. The van der Waals surface area contributed by atoms with Gasteiger partial charge in [-0.15, -0.1) is 0 Å². The van der Waals surface area contributed by atoms with Gasteiger partial charge in [0.2, 0.25) is 0 Å². The molecule has 1 unspecified atom stereocenters. The standard InChI is InChI=1S/C16H17N3/c1-11-6-13(7-12(2)15(11)8-17)14-4-3-5-19-10-18-9-16(14)19/h6-7,9-10,14H,3-5H2,1-2H3. The molecule has 2 heterocycles. The lowest BCUT2D eigenvalue weighted by Crippen LogP contribution is -2.15. The molecule has 0 spiro atoms. The number of hydrogen-bond acceptors (Lipinski definition) is 2. The lowest BCUT2D eigenvalue weighted by molar-refractivity contribution is 0.491.